The number of hydrogen-bond donors (Lipinski definition) is 0. The minimum atomic E-state index is 0.332. The zero-order valence-electron chi connectivity index (χ0n) is 11.4. The van der Waals surface area contributed by atoms with Gasteiger partial charge in [-0.05, 0) is 42.2 Å². The SMILES string of the molecule is CCCCC[C@@H]1[C@@H](Cl)CCS[C@H]1c1ccc(Cl)cc1. The van der Waals surface area contributed by atoms with Crippen LogP contribution in [-0.2, 0) is 0 Å². The molecule has 1 aliphatic rings. The van der Waals surface area contributed by atoms with Crippen molar-refractivity contribution in [2.24, 2.45) is 5.92 Å². The highest BCUT2D eigenvalue weighted by Crippen LogP contribution is 2.47. The largest absolute Gasteiger partial charge is 0.153 e. The average Bonchev–Trinajstić information content (AvgIpc) is 2.42. The molecule has 0 radical (unpaired) electrons. The van der Waals surface area contributed by atoms with Crippen molar-refractivity contribution in [3.8, 4) is 0 Å². The van der Waals surface area contributed by atoms with Crippen LogP contribution in [0.3, 0.4) is 0 Å². The highest BCUT2D eigenvalue weighted by Gasteiger charge is 2.33. The number of alkyl halides is 1. The van der Waals surface area contributed by atoms with Crippen molar-refractivity contribution in [3.05, 3.63) is 34.9 Å². The first-order valence-electron chi connectivity index (χ1n) is 7.23. The van der Waals surface area contributed by atoms with Crippen molar-refractivity contribution >= 4 is 35.0 Å². The van der Waals surface area contributed by atoms with E-state index in [9.17, 15) is 0 Å². The third-order valence-electron chi connectivity index (χ3n) is 3.88. The summed E-state index contributed by atoms with van der Waals surface area (Å²) in [6, 6.07) is 8.33. The van der Waals surface area contributed by atoms with E-state index in [0.717, 1.165) is 11.4 Å². The fourth-order valence-corrected chi connectivity index (χ4v) is 5.08. The summed E-state index contributed by atoms with van der Waals surface area (Å²) >= 11 is 14.6. The highest BCUT2D eigenvalue weighted by molar-refractivity contribution is 7.99. The topological polar surface area (TPSA) is 0 Å². The van der Waals surface area contributed by atoms with Crippen LogP contribution in [0.15, 0.2) is 24.3 Å². The lowest BCUT2D eigenvalue weighted by Crippen LogP contribution is -2.26. The fraction of sp³-hybridized carbons (Fsp3) is 0.625. The Labute approximate surface area is 131 Å². The molecule has 1 heterocycles. The van der Waals surface area contributed by atoms with Gasteiger partial charge in [0.2, 0.25) is 0 Å². The predicted octanol–water partition coefficient (Wildman–Crippen LogP) is 6.32. The molecule has 0 aromatic heterocycles. The molecule has 0 bridgehead atoms. The predicted molar refractivity (Wildman–Crippen MR) is 88.5 cm³/mol. The van der Waals surface area contributed by atoms with Crippen molar-refractivity contribution < 1.29 is 0 Å². The maximum absolute atomic E-state index is 6.60. The fourth-order valence-electron chi connectivity index (χ4n) is 2.79. The first kappa shape index (κ1) is 15.5. The number of thioether (sulfide) groups is 1. The molecule has 2 rings (SSSR count). The Morgan fingerprint density at radius 2 is 1.95 bits per heavy atom. The van der Waals surface area contributed by atoms with Crippen LogP contribution < -0.4 is 0 Å². The van der Waals surface area contributed by atoms with Crippen LogP contribution in [0.5, 0.6) is 0 Å². The lowest BCUT2D eigenvalue weighted by atomic mass is 9.88. The molecular weight excluding hydrogens is 295 g/mol. The van der Waals surface area contributed by atoms with Crippen LogP contribution in [0.4, 0.5) is 0 Å². The van der Waals surface area contributed by atoms with Crippen molar-refractivity contribution in [1.29, 1.82) is 0 Å². The van der Waals surface area contributed by atoms with E-state index in [1.807, 2.05) is 12.1 Å². The molecule has 0 saturated carbocycles. The summed E-state index contributed by atoms with van der Waals surface area (Å²) in [7, 11) is 0. The van der Waals surface area contributed by atoms with Crippen LogP contribution in [0.25, 0.3) is 0 Å². The summed E-state index contributed by atoms with van der Waals surface area (Å²) in [6.07, 6.45) is 6.29. The van der Waals surface area contributed by atoms with Gasteiger partial charge in [-0.15, -0.1) is 11.6 Å². The van der Waals surface area contributed by atoms with E-state index < -0.39 is 0 Å². The Bertz CT molecular complexity index is 377. The standard InChI is InChI=1S/C16H22Cl2S/c1-2-3-4-5-14-15(18)10-11-19-16(14)12-6-8-13(17)9-7-12/h6-9,14-16H,2-5,10-11H2,1H3/t14-,15+,16+/m1/s1. The van der Waals surface area contributed by atoms with E-state index >= 15 is 0 Å². The van der Waals surface area contributed by atoms with Gasteiger partial charge in [0.25, 0.3) is 0 Å². The molecule has 1 aliphatic heterocycles. The second kappa shape index (κ2) is 7.81. The van der Waals surface area contributed by atoms with E-state index in [-0.39, 0.29) is 0 Å². The van der Waals surface area contributed by atoms with Crippen LogP contribution >= 0.6 is 35.0 Å². The summed E-state index contributed by atoms with van der Waals surface area (Å²) in [5, 5.41) is 1.69. The second-order valence-electron chi connectivity index (χ2n) is 5.31. The quantitative estimate of drug-likeness (QED) is 0.452. The molecule has 1 aromatic carbocycles. The third kappa shape index (κ3) is 4.31. The first-order chi connectivity index (χ1) is 9.22. The van der Waals surface area contributed by atoms with Crippen molar-refractivity contribution in [3.63, 3.8) is 0 Å². The van der Waals surface area contributed by atoms with Crippen LogP contribution in [0, 0.1) is 5.92 Å². The minimum absolute atomic E-state index is 0.332. The van der Waals surface area contributed by atoms with Crippen molar-refractivity contribution in [2.45, 2.75) is 49.7 Å². The Morgan fingerprint density at radius 1 is 1.21 bits per heavy atom. The van der Waals surface area contributed by atoms with Gasteiger partial charge in [-0.1, -0.05) is 49.9 Å². The number of hydrogen-bond acceptors (Lipinski definition) is 1. The molecule has 0 spiro atoms. The first-order valence-corrected chi connectivity index (χ1v) is 9.10. The van der Waals surface area contributed by atoms with Crippen LogP contribution in [-0.4, -0.2) is 11.1 Å². The monoisotopic (exact) mass is 316 g/mol. The van der Waals surface area contributed by atoms with Crippen LogP contribution in [0.2, 0.25) is 5.02 Å². The molecule has 3 atom stereocenters. The molecule has 0 nitrogen and oxygen atoms in total. The normalized spacial score (nSPS) is 27.4. The van der Waals surface area contributed by atoms with Crippen molar-refractivity contribution in [1.82, 2.24) is 0 Å². The summed E-state index contributed by atoms with van der Waals surface area (Å²) < 4.78 is 0. The molecule has 1 fully saturated rings. The molecule has 1 aromatic rings. The zero-order chi connectivity index (χ0) is 13.7. The molecule has 19 heavy (non-hydrogen) atoms. The molecule has 0 aliphatic carbocycles. The number of halogens is 2. The average molecular weight is 317 g/mol. The molecule has 106 valence electrons. The third-order valence-corrected chi connectivity index (χ3v) is 6.13. The van der Waals surface area contributed by atoms with Crippen LogP contribution in [0.1, 0.15) is 49.8 Å². The molecule has 3 heteroatoms. The van der Waals surface area contributed by atoms with E-state index in [4.69, 9.17) is 23.2 Å². The van der Waals surface area contributed by atoms with Gasteiger partial charge in [0.1, 0.15) is 0 Å². The summed E-state index contributed by atoms with van der Waals surface area (Å²) in [5.41, 5.74) is 1.39. The Morgan fingerprint density at radius 3 is 2.63 bits per heavy atom. The Hall–Kier alpha value is 0.150. The Kier molecular flexibility index (Phi) is 6.38. The number of rotatable bonds is 5. The van der Waals surface area contributed by atoms with Gasteiger partial charge in [-0.2, -0.15) is 11.8 Å². The number of unbranched alkanes of at least 4 members (excludes halogenated alkanes) is 2. The van der Waals surface area contributed by atoms with Gasteiger partial charge in [-0.25, -0.2) is 0 Å². The number of benzene rings is 1. The molecule has 0 unspecified atom stereocenters. The molecule has 0 amide bonds. The minimum Gasteiger partial charge on any atom is -0.153 e. The van der Waals surface area contributed by atoms with E-state index in [1.165, 1.54) is 37.0 Å². The van der Waals surface area contributed by atoms with Gasteiger partial charge in [0.15, 0.2) is 0 Å². The summed E-state index contributed by atoms with van der Waals surface area (Å²) in [6.45, 7) is 2.25. The maximum Gasteiger partial charge on any atom is 0.0406 e. The zero-order valence-corrected chi connectivity index (χ0v) is 13.8. The molecule has 1 saturated heterocycles. The summed E-state index contributed by atoms with van der Waals surface area (Å²) in [5.74, 6) is 1.78. The van der Waals surface area contributed by atoms with Gasteiger partial charge in [0.05, 0.1) is 0 Å². The van der Waals surface area contributed by atoms with Gasteiger partial charge in [-0.3, -0.25) is 0 Å². The van der Waals surface area contributed by atoms with E-state index in [2.05, 4.69) is 30.8 Å². The molecule has 0 N–H and O–H groups in total. The van der Waals surface area contributed by atoms with E-state index in [1.54, 1.807) is 0 Å². The van der Waals surface area contributed by atoms with Gasteiger partial charge < -0.3 is 0 Å². The lowest BCUT2D eigenvalue weighted by molar-refractivity contribution is 0.413. The maximum atomic E-state index is 6.60. The second-order valence-corrected chi connectivity index (χ2v) is 7.55. The van der Waals surface area contributed by atoms with E-state index in [0.29, 0.717) is 16.5 Å². The van der Waals surface area contributed by atoms with Gasteiger partial charge in [0, 0.05) is 15.6 Å². The van der Waals surface area contributed by atoms with Gasteiger partial charge >= 0.3 is 0 Å². The smallest absolute Gasteiger partial charge is 0.0406 e. The van der Waals surface area contributed by atoms with Crippen molar-refractivity contribution in [2.75, 3.05) is 5.75 Å². The summed E-state index contributed by atoms with van der Waals surface area (Å²) in [4.78, 5) is 0. The molecular formula is C16H22Cl2S. The lowest BCUT2D eigenvalue weighted by Gasteiger charge is -2.35. The Balaban J connectivity index is 2.08. The highest BCUT2D eigenvalue weighted by atomic mass is 35.5.